The Hall–Kier alpha value is -1.11. The van der Waals surface area contributed by atoms with Crippen LogP contribution < -0.4 is 10.5 Å². The van der Waals surface area contributed by atoms with Crippen LogP contribution in [0.25, 0.3) is 0 Å². The minimum absolute atomic E-state index is 0.0613. The zero-order valence-electron chi connectivity index (χ0n) is 10.9. The number of sulfone groups is 1. The highest BCUT2D eigenvalue weighted by atomic mass is 32.2. The summed E-state index contributed by atoms with van der Waals surface area (Å²) in [6.45, 7) is 1.21. The first-order valence-electron chi connectivity index (χ1n) is 6.23. The molecule has 0 amide bonds. The van der Waals surface area contributed by atoms with Crippen molar-refractivity contribution in [2.45, 2.75) is 17.4 Å². The summed E-state index contributed by atoms with van der Waals surface area (Å²) in [5.41, 5.74) is 5.98. The van der Waals surface area contributed by atoms with Gasteiger partial charge in [0.05, 0.1) is 24.4 Å². The molecule has 0 aliphatic carbocycles. The van der Waals surface area contributed by atoms with E-state index in [0.717, 1.165) is 6.42 Å². The summed E-state index contributed by atoms with van der Waals surface area (Å²) in [6, 6.07) is 6.07. The first kappa shape index (κ1) is 14.3. The molecule has 0 spiro atoms. The van der Waals surface area contributed by atoms with Crippen molar-refractivity contribution in [1.82, 2.24) is 0 Å². The molecule has 106 valence electrons. The monoisotopic (exact) mass is 285 g/mol. The maximum absolute atomic E-state index is 12.3. The summed E-state index contributed by atoms with van der Waals surface area (Å²) in [4.78, 5) is 0.251. The Morgan fingerprint density at radius 3 is 2.95 bits per heavy atom. The molecule has 6 heteroatoms. The smallest absolute Gasteiger partial charge is 0.180 e. The first-order chi connectivity index (χ1) is 9.03. The van der Waals surface area contributed by atoms with Crippen molar-refractivity contribution in [3.05, 3.63) is 24.3 Å². The fourth-order valence-corrected chi connectivity index (χ4v) is 3.72. The van der Waals surface area contributed by atoms with E-state index in [1.165, 1.54) is 13.2 Å². The normalized spacial score (nSPS) is 21.3. The second-order valence-electron chi connectivity index (χ2n) is 4.75. The van der Waals surface area contributed by atoms with Crippen LogP contribution in [0.3, 0.4) is 0 Å². The van der Waals surface area contributed by atoms with Gasteiger partial charge in [-0.25, -0.2) is 8.42 Å². The molecular formula is C13H19NO4S. The van der Waals surface area contributed by atoms with Crippen LogP contribution in [0.4, 0.5) is 0 Å². The molecule has 1 aromatic rings. The van der Waals surface area contributed by atoms with Gasteiger partial charge < -0.3 is 15.2 Å². The molecule has 5 nitrogen and oxygen atoms in total. The molecule has 2 atom stereocenters. The summed E-state index contributed by atoms with van der Waals surface area (Å²) < 4.78 is 34.9. The lowest BCUT2D eigenvalue weighted by atomic mass is 10.0. The van der Waals surface area contributed by atoms with Crippen molar-refractivity contribution in [2.75, 3.05) is 26.1 Å². The number of nitrogens with two attached hydrogens (primary N) is 1. The largest absolute Gasteiger partial charge is 0.497 e. The highest BCUT2D eigenvalue weighted by Crippen LogP contribution is 2.22. The number of rotatable bonds is 5. The standard InChI is InChI=1S/C13H19NO4S/c1-17-11-3-2-4-12(7-11)19(15,16)9-13(14)10-5-6-18-8-10/h2-4,7,10,13H,5-6,8-9,14H2,1H3. The minimum atomic E-state index is -3.39. The summed E-state index contributed by atoms with van der Waals surface area (Å²) in [6.07, 6.45) is 0.828. The van der Waals surface area contributed by atoms with Crippen LogP contribution in [0.2, 0.25) is 0 Å². The van der Waals surface area contributed by atoms with E-state index >= 15 is 0 Å². The van der Waals surface area contributed by atoms with Crippen LogP contribution in [-0.4, -0.2) is 40.5 Å². The Balaban J connectivity index is 2.12. The van der Waals surface area contributed by atoms with Gasteiger partial charge in [0.1, 0.15) is 5.75 Å². The molecule has 0 bridgehead atoms. The van der Waals surface area contributed by atoms with Gasteiger partial charge in [0.15, 0.2) is 9.84 Å². The van der Waals surface area contributed by atoms with E-state index < -0.39 is 15.9 Å². The molecule has 19 heavy (non-hydrogen) atoms. The van der Waals surface area contributed by atoms with Gasteiger partial charge in [-0.2, -0.15) is 0 Å². The minimum Gasteiger partial charge on any atom is -0.497 e. The van der Waals surface area contributed by atoms with Crippen LogP contribution in [0, 0.1) is 5.92 Å². The Kier molecular flexibility index (Phi) is 4.44. The van der Waals surface area contributed by atoms with Gasteiger partial charge in [-0.1, -0.05) is 6.07 Å². The number of benzene rings is 1. The molecule has 1 heterocycles. The molecule has 1 aliphatic heterocycles. The van der Waals surface area contributed by atoms with Crippen LogP contribution in [0.15, 0.2) is 29.2 Å². The van der Waals surface area contributed by atoms with Crippen molar-refractivity contribution >= 4 is 9.84 Å². The predicted octanol–water partition coefficient (Wildman–Crippen LogP) is 0.833. The fraction of sp³-hybridized carbons (Fsp3) is 0.538. The molecule has 0 radical (unpaired) electrons. The predicted molar refractivity (Wildman–Crippen MR) is 71.9 cm³/mol. The average molecular weight is 285 g/mol. The molecule has 1 saturated heterocycles. The summed E-state index contributed by atoms with van der Waals surface area (Å²) >= 11 is 0. The van der Waals surface area contributed by atoms with E-state index in [-0.39, 0.29) is 16.6 Å². The van der Waals surface area contributed by atoms with Crippen LogP contribution in [0.1, 0.15) is 6.42 Å². The lowest BCUT2D eigenvalue weighted by Crippen LogP contribution is -2.37. The van der Waals surface area contributed by atoms with E-state index in [9.17, 15) is 8.42 Å². The topological polar surface area (TPSA) is 78.6 Å². The highest BCUT2D eigenvalue weighted by molar-refractivity contribution is 7.91. The van der Waals surface area contributed by atoms with Gasteiger partial charge in [-0.3, -0.25) is 0 Å². The summed E-state index contributed by atoms with van der Waals surface area (Å²) in [5, 5.41) is 0. The number of ether oxygens (including phenoxy) is 2. The molecule has 0 aromatic heterocycles. The maximum atomic E-state index is 12.3. The van der Waals surface area contributed by atoms with E-state index in [1.54, 1.807) is 18.2 Å². The summed E-state index contributed by atoms with van der Waals surface area (Å²) in [5.74, 6) is 0.591. The Labute approximate surface area is 113 Å². The van der Waals surface area contributed by atoms with Gasteiger partial charge in [-0.05, 0) is 24.6 Å². The second kappa shape index (κ2) is 5.90. The second-order valence-corrected chi connectivity index (χ2v) is 6.78. The van der Waals surface area contributed by atoms with Crippen molar-refractivity contribution < 1.29 is 17.9 Å². The fourth-order valence-electron chi connectivity index (χ4n) is 2.17. The molecule has 2 unspecified atom stereocenters. The van der Waals surface area contributed by atoms with Gasteiger partial charge in [0, 0.05) is 18.6 Å². The Morgan fingerprint density at radius 1 is 1.53 bits per heavy atom. The van der Waals surface area contributed by atoms with Crippen LogP contribution in [0.5, 0.6) is 5.75 Å². The maximum Gasteiger partial charge on any atom is 0.180 e. The molecule has 1 aromatic carbocycles. The lowest BCUT2D eigenvalue weighted by Gasteiger charge is -2.17. The molecule has 1 aliphatic rings. The van der Waals surface area contributed by atoms with Gasteiger partial charge in [0.2, 0.25) is 0 Å². The molecule has 2 N–H and O–H groups in total. The van der Waals surface area contributed by atoms with Crippen molar-refractivity contribution in [3.8, 4) is 5.75 Å². The van der Waals surface area contributed by atoms with E-state index in [1.807, 2.05) is 0 Å². The van der Waals surface area contributed by atoms with Crippen molar-refractivity contribution in [1.29, 1.82) is 0 Å². The van der Waals surface area contributed by atoms with Crippen LogP contribution in [-0.2, 0) is 14.6 Å². The first-order valence-corrected chi connectivity index (χ1v) is 7.88. The van der Waals surface area contributed by atoms with Gasteiger partial charge >= 0.3 is 0 Å². The van der Waals surface area contributed by atoms with E-state index in [0.29, 0.717) is 19.0 Å². The van der Waals surface area contributed by atoms with E-state index in [4.69, 9.17) is 15.2 Å². The van der Waals surface area contributed by atoms with Crippen molar-refractivity contribution in [2.24, 2.45) is 11.7 Å². The highest BCUT2D eigenvalue weighted by Gasteiger charge is 2.28. The average Bonchev–Trinajstić information content (AvgIpc) is 2.92. The van der Waals surface area contributed by atoms with Gasteiger partial charge in [0.25, 0.3) is 0 Å². The molecule has 0 saturated carbocycles. The Bertz CT molecular complexity index is 523. The van der Waals surface area contributed by atoms with E-state index in [2.05, 4.69) is 0 Å². The third kappa shape index (κ3) is 3.46. The zero-order valence-corrected chi connectivity index (χ0v) is 11.7. The molecule has 2 rings (SSSR count). The summed E-state index contributed by atoms with van der Waals surface area (Å²) in [7, 11) is -1.88. The lowest BCUT2D eigenvalue weighted by molar-refractivity contribution is 0.182. The van der Waals surface area contributed by atoms with Gasteiger partial charge in [-0.15, -0.1) is 0 Å². The number of hydrogen-bond donors (Lipinski definition) is 1. The SMILES string of the molecule is COc1cccc(S(=O)(=O)CC(N)C2CCOC2)c1. The van der Waals surface area contributed by atoms with Crippen LogP contribution >= 0.6 is 0 Å². The number of methoxy groups -OCH3 is 1. The molecule has 1 fully saturated rings. The third-order valence-electron chi connectivity index (χ3n) is 3.38. The zero-order chi connectivity index (χ0) is 13.9. The quantitative estimate of drug-likeness (QED) is 0.867. The third-order valence-corrected chi connectivity index (χ3v) is 5.18. The Morgan fingerprint density at radius 2 is 2.32 bits per heavy atom. The van der Waals surface area contributed by atoms with Crippen molar-refractivity contribution in [3.63, 3.8) is 0 Å². The molecular weight excluding hydrogens is 266 g/mol. The number of hydrogen-bond acceptors (Lipinski definition) is 5.